The van der Waals surface area contributed by atoms with Gasteiger partial charge in [0.15, 0.2) is 0 Å². The summed E-state index contributed by atoms with van der Waals surface area (Å²) in [7, 11) is 0. The lowest BCUT2D eigenvalue weighted by Gasteiger charge is -2.58. The number of hydrogen-bond donors (Lipinski definition) is 3. The Morgan fingerprint density at radius 2 is 1.74 bits per heavy atom. The highest BCUT2D eigenvalue weighted by Gasteiger charge is 2.59. The molecule has 27 heavy (non-hydrogen) atoms. The van der Waals surface area contributed by atoms with Crippen molar-refractivity contribution in [2.45, 2.75) is 77.4 Å². The first-order valence-electron chi connectivity index (χ1n) is 11.3. The summed E-state index contributed by atoms with van der Waals surface area (Å²) in [6.45, 7) is 6.70. The van der Waals surface area contributed by atoms with E-state index in [1.54, 1.807) is 5.57 Å². The molecule has 2 unspecified atom stereocenters. The SMILES string of the molecule is C[C@]12CCC(O)CC1=CC[C@@H]1[C@@H]2CC[C@]2(C)C(N(CCO)CCO)CC[C@@H]12. The van der Waals surface area contributed by atoms with Gasteiger partial charge in [-0.15, -0.1) is 0 Å². The normalized spacial score (nSPS) is 46.6. The summed E-state index contributed by atoms with van der Waals surface area (Å²) >= 11 is 0. The molecule has 0 heterocycles. The van der Waals surface area contributed by atoms with Gasteiger partial charge in [-0.25, -0.2) is 0 Å². The molecule has 0 saturated heterocycles. The predicted octanol–water partition coefficient (Wildman–Crippen LogP) is 2.97. The zero-order valence-corrected chi connectivity index (χ0v) is 17.2. The molecule has 0 amide bonds. The minimum atomic E-state index is -0.129. The molecule has 0 aromatic rings. The molecule has 0 aliphatic heterocycles. The lowest BCUT2D eigenvalue weighted by molar-refractivity contribution is -0.0621. The quantitative estimate of drug-likeness (QED) is 0.645. The zero-order valence-electron chi connectivity index (χ0n) is 17.2. The van der Waals surface area contributed by atoms with E-state index in [1.165, 1.54) is 32.1 Å². The molecule has 4 nitrogen and oxygen atoms in total. The van der Waals surface area contributed by atoms with Crippen molar-refractivity contribution < 1.29 is 15.3 Å². The van der Waals surface area contributed by atoms with Crippen LogP contribution >= 0.6 is 0 Å². The Hall–Kier alpha value is -0.420. The van der Waals surface area contributed by atoms with Crippen molar-refractivity contribution in [3.8, 4) is 0 Å². The number of aliphatic hydroxyl groups is 3. The first-order chi connectivity index (χ1) is 12.9. The van der Waals surface area contributed by atoms with E-state index < -0.39 is 0 Å². The van der Waals surface area contributed by atoms with Gasteiger partial charge >= 0.3 is 0 Å². The van der Waals surface area contributed by atoms with Gasteiger partial charge in [0.25, 0.3) is 0 Å². The molecular formula is C23H39NO3. The lowest BCUT2D eigenvalue weighted by atomic mass is 9.47. The van der Waals surface area contributed by atoms with Crippen molar-refractivity contribution >= 4 is 0 Å². The van der Waals surface area contributed by atoms with Crippen LogP contribution in [-0.4, -0.2) is 58.7 Å². The van der Waals surface area contributed by atoms with Crippen LogP contribution in [0.2, 0.25) is 0 Å². The van der Waals surface area contributed by atoms with Gasteiger partial charge in [0.1, 0.15) is 0 Å². The van der Waals surface area contributed by atoms with Crippen LogP contribution in [0.25, 0.3) is 0 Å². The molecule has 4 aliphatic carbocycles. The van der Waals surface area contributed by atoms with E-state index in [9.17, 15) is 15.3 Å². The Morgan fingerprint density at radius 3 is 2.44 bits per heavy atom. The molecule has 4 rings (SSSR count). The third-order valence-electron chi connectivity index (χ3n) is 9.24. The Kier molecular flexibility index (Phi) is 5.48. The molecule has 3 N–H and O–H groups in total. The van der Waals surface area contributed by atoms with Gasteiger partial charge in [-0.1, -0.05) is 25.5 Å². The third kappa shape index (κ3) is 3.11. The van der Waals surface area contributed by atoms with E-state index in [-0.39, 0.29) is 19.3 Å². The molecule has 7 atom stereocenters. The van der Waals surface area contributed by atoms with Gasteiger partial charge in [0.2, 0.25) is 0 Å². The van der Waals surface area contributed by atoms with Gasteiger partial charge in [0, 0.05) is 19.1 Å². The van der Waals surface area contributed by atoms with Gasteiger partial charge < -0.3 is 15.3 Å². The molecular weight excluding hydrogens is 338 g/mol. The average molecular weight is 378 g/mol. The molecule has 0 spiro atoms. The molecule has 0 bridgehead atoms. The summed E-state index contributed by atoms with van der Waals surface area (Å²) in [6.07, 6.45) is 11.6. The number of nitrogens with zero attached hydrogens (tertiary/aromatic N) is 1. The fraction of sp³-hybridized carbons (Fsp3) is 0.913. The standard InChI is InChI=1S/C23H39NO3/c1-22-9-7-17(27)15-16(22)3-4-18-19-5-6-21(24(11-13-25)12-14-26)23(19,2)10-8-20(18)22/h3,17-21,25-27H,4-15H2,1-2H3/t17?,18-,19-,20-,21?,22-,23-/m0/s1. The van der Waals surface area contributed by atoms with Crippen LogP contribution < -0.4 is 0 Å². The molecule has 4 heteroatoms. The van der Waals surface area contributed by atoms with Crippen LogP contribution in [0, 0.1) is 28.6 Å². The highest BCUT2D eigenvalue weighted by Crippen LogP contribution is 2.65. The Labute approximate surface area is 164 Å². The van der Waals surface area contributed by atoms with Gasteiger partial charge in [-0.05, 0) is 80.0 Å². The number of fused-ring (bicyclic) bond motifs is 5. The van der Waals surface area contributed by atoms with E-state index in [4.69, 9.17) is 0 Å². The summed E-state index contributed by atoms with van der Waals surface area (Å²) in [5, 5.41) is 29.2. The van der Waals surface area contributed by atoms with Crippen LogP contribution in [0.4, 0.5) is 0 Å². The highest BCUT2D eigenvalue weighted by atomic mass is 16.3. The largest absolute Gasteiger partial charge is 0.395 e. The Morgan fingerprint density at radius 1 is 1.00 bits per heavy atom. The highest BCUT2D eigenvalue weighted by molar-refractivity contribution is 5.25. The number of hydrogen-bond acceptors (Lipinski definition) is 4. The topological polar surface area (TPSA) is 63.9 Å². The first kappa shape index (κ1) is 19.9. The second-order valence-corrected chi connectivity index (χ2v) is 10.3. The molecule has 4 aliphatic rings. The summed E-state index contributed by atoms with van der Waals surface area (Å²) in [5.41, 5.74) is 2.15. The lowest BCUT2D eigenvalue weighted by Crippen LogP contribution is -2.54. The molecule has 154 valence electrons. The van der Waals surface area contributed by atoms with E-state index >= 15 is 0 Å². The summed E-state index contributed by atoms with van der Waals surface area (Å²) in [5.74, 6) is 2.29. The number of allylic oxidation sites excluding steroid dienone is 1. The predicted molar refractivity (Wildman–Crippen MR) is 107 cm³/mol. The summed E-state index contributed by atoms with van der Waals surface area (Å²) < 4.78 is 0. The van der Waals surface area contributed by atoms with E-state index in [2.05, 4.69) is 24.8 Å². The van der Waals surface area contributed by atoms with Crippen LogP contribution in [0.3, 0.4) is 0 Å². The zero-order chi connectivity index (χ0) is 19.2. The van der Waals surface area contributed by atoms with Crippen molar-refractivity contribution in [2.75, 3.05) is 26.3 Å². The molecule has 3 fully saturated rings. The monoisotopic (exact) mass is 377 g/mol. The first-order valence-corrected chi connectivity index (χ1v) is 11.3. The maximum absolute atomic E-state index is 10.2. The maximum Gasteiger partial charge on any atom is 0.0577 e. The van der Waals surface area contributed by atoms with Crippen molar-refractivity contribution in [3.63, 3.8) is 0 Å². The smallest absolute Gasteiger partial charge is 0.0577 e. The van der Waals surface area contributed by atoms with Crippen molar-refractivity contribution in [3.05, 3.63) is 11.6 Å². The van der Waals surface area contributed by atoms with Crippen LogP contribution in [0.1, 0.15) is 65.2 Å². The third-order valence-corrected chi connectivity index (χ3v) is 9.24. The summed E-state index contributed by atoms with van der Waals surface area (Å²) in [4.78, 5) is 2.36. The van der Waals surface area contributed by atoms with Gasteiger partial charge in [0.05, 0.1) is 19.3 Å². The van der Waals surface area contributed by atoms with Gasteiger partial charge in [-0.3, -0.25) is 4.90 Å². The van der Waals surface area contributed by atoms with Crippen LogP contribution in [0.15, 0.2) is 11.6 Å². The fourth-order valence-electron chi connectivity index (χ4n) is 7.89. The van der Waals surface area contributed by atoms with Crippen molar-refractivity contribution in [1.82, 2.24) is 4.90 Å². The minimum Gasteiger partial charge on any atom is -0.395 e. The van der Waals surface area contributed by atoms with Crippen LogP contribution in [-0.2, 0) is 0 Å². The van der Waals surface area contributed by atoms with E-state index in [0.29, 0.717) is 30.0 Å². The molecule has 0 aromatic carbocycles. The van der Waals surface area contributed by atoms with Crippen molar-refractivity contribution in [2.24, 2.45) is 28.6 Å². The number of rotatable bonds is 5. The van der Waals surface area contributed by atoms with E-state index in [0.717, 1.165) is 37.0 Å². The molecule has 0 radical (unpaired) electrons. The number of aliphatic hydroxyl groups excluding tert-OH is 3. The Bertz CT molecular complexity index is 572. The second kappa shape index (κ2) is 7.44. The maximum atomic E-state index is 10.2. The molecule has 3 saturated carbocycles. The average Bonchev–Trinajstić information content (AvgIpc) is 2.99. The van der Waals surface area contributed by atoms with Gasteiger partial charge in [-0.2, -0.15) is 0 Å². The fourth-order valence-corrected chi connectivity index (χ4v) is 7.89. The molecule has 0 aromatic heterocycles. The Balaban J connectivity index is 1.58. The van der Waals surface area contributed by atoms with Crippen LogP contribution in [0.5, 0.6) is 0 Å². The van der Waals surface area contributed by atoms with Crippen molar-refractivity contribution in [1.29, 1.82) is 0 Å². The minimum absolute atomic E-state index is 0.129. The summed E-state index contributed by atoms with van der Waals surface area (Å²) in [6, 6.07) is 0.495. The second-order valence-electron chi connectivity index (χ2n) is 10.3. The van der Waals surface area contributed by atoms with E-state index in [1.807, 2.05) is 0 Å².